The minimum Gasteiger partial charge on any atom is -0.496 e. The van der Waals surface area contributed by atoms with Gasteiger partial charge in [0.2, 0.25) is 17.7 Å². The third-order valence-corrected chi connectivity index (χ3v) is 11.5. The Bertz CT molecular complexity index is 1550. The molecular formula is C36H44N4O5. The molecule has 5 aliphatic carbocycles. The van der Waals surface area contributed by atoms with Crippen LogP contribution in [0, 0.1) is 24.2 Å². The molecule has 0 spiro atoms. The van der Waals surface area contributed by atoms with Gasteiger partial charge in [-0.1, -0.05) is 12.1 Å². The molecule has 0 saturated heterocycles. The Hall–Kier alpha value is -3.75. The number of carboxylic acids is 1. The van der Waals surface area contributed by atoms with Gasteiger partial charge < -0.3 is 14.3 Å². The first-order valence-electron chi connectivity index (χ1n) is 16.7. The van der Waals surface area contributed by atoms with Crippen LogP contribution in [-0.2, 0) is 15.0 Å². The van der Waals surface area contributed by atoms with Crippen molar-refractivity contribution in [3.63, 3.8) is 0 Å². The van der Waals surface area contributed by atoms with E-state index in [0.29, 0.717) is 42.9 Å². The van der Waals surface area contributed by atoms with Crippen LogP contribution in [0.2, 0.25) is 0 Å². The zero-order chi connectivity index (χ0) is 31.2. The Balaban J connectivity index is 1.13. The Labute approximate surface area is 264 Å². The van der Waals surface area contributed by atoms with Gasteiger partial charge in [0, 0.05) is 36.6 Å². The molecule has 3 aromatic rings. The number of hydrogen-bond donors (Lipinski definition) is 1. The van der Waals surface area contributed by atoms with Crippen molar-refractivity contribution in [1.82, 2.24) is 15.2 Å². The fourth-order valence-electron chi connectivity index (χ4n) is 8.38. The Morgan fingerprint density at radius 1 is 0.978 bits per heavy atom. The fourth-order valence-corrected chi connectivity index (χ4v) is 8.38. The SMILES string of the molecule is COc1ccc(C23CCC(CN(C(=O)C4CCC(CC(=O)O)CC4)c4cc(-c5nnc(C6CC6)o5)ccn4)(CC2)CC3)cc1C. The maximum Gasteiger partial charge on any atom is 0.303 e. The number of fused-ring (bicyclic) bond motifs is 3. The highest BCUT2D eigenvalue weighted by atomic mass is 16.5. The number of nitrogens with zero attached hydrogens (tertiary/aromatic N) is 4. The highest BCUT2D eigenvalue weighted by Crippen LogP contribution is 2.58. The van der Waals surface area contributed by atoms with Gasteiger partial charge in [-0.05, 0) is 130 Å². The summed E-state index contributed by atoms with van der Waals surface area (Å²) in [6.45, 7) is 2.77. The van der Waals surface area contributed by atoms with Crippen LogP contribution in [0.15, 0.2) is 40.9 Å². The van der Waals surface area contributed by atoms with Crippen LogP contribution in [0.25, 0.3) is 11.5 Å². The minimum absolute atomic E-state index is 0.0424. The second kappa shape index (κ2) is 11.9. The van der Waals surface area contributed by atoms with Gasteiger partial charge in [0.15, 0.2) is 0 Å². The number of ether oxygens (including phenoxy) is 1. The predicted octanol–water partition coefficient (Wildman–Crippen LogP) is 7.23. The van der Waals surface area contributed by atoms with Gasteiger partial charge >= 0.3 is 5.97 Å². The number of carbonyl (C=O) groups excluding carboxylic acids is 1. The van der Waals surface area contributed by atoms with E-state index < -0.39 is 5.97 Å². The van der Waals surface area contributed by atoms with Gasteiger partial charge in [0.05, 0.1) is 7.11 Å². The largest absolute Gasteiger partial charge is 0.496 e. The highest BCUT2D eigenvalue weighted by molar-refractivity contribution is 5.94. The van der Waals surface area contributed by atoms with Crippen molar-refractivity contribution < 1.29 is 23.8 Å². The molecule has 2 heterocycles. The van der Waals surface area contributed by atoms with Gasteiger partial charge in [-0.3, -0.25) is 14.5 Å². The second-order valence-corrected chi connectivity index (χ2v) is 14.3. The van der Waals surface area contributed by atoms with Crippen LogP contribution < -0.4 is 9.64 Å². The first kappa shape index (κ1) is 29.9. The van der Waals surface area contributed by atoms with Crippen molar-refractivity contribution in [2.75, 3.05) is 18.6 Å². The zero-order valence-electron chi connectivity index (χ0n) is 26.5. The summed E-state index contributed by atoms with van der Waals surface area (Å²) in [6.07, 6.45) is 13.6. The number of anilines is 1. The minimum atomic E-state index is -0.757. The number of aliphatic carboxylic acids is 1. The smallest absolute Gasteiger partial charge is 0.303 e. The summed E-state index contributed by atoms with van der Waals surface area (Å²) < 4.78 is 11.5. The van der Waals surface area contributed by atoms with Crippen LogP contribution in [-0.4, -0.2) is 45.8 Å². The molecule has 1 aromatic carbocycles. The molecule has 9 heteroatoms. The zero-order valence-corrected chi connectivity index (χ0v) is 26.5. The number of hydrogen-bond acceptors (Lipinski definition) is 7. The van der Waals surface area contributed by atoms with Crippen LogP contribution >= 0.6 is 0 Å². The van der Waals surface area contributed by atoms with Gasteiger partial charge in [-0.25, -0.2) is 4.98 Å². The number of pyridine rings is 1. The van der Waals surface area contributed by atoms with Crippen molar-refractivity contribution in [2.24, 2.45) is 17.3 Å². The average molecular weight is 613 g/mol. The standard InChI is InChI=1S/C36H44N4O5/c1-23-19-28(9-10-29(23)44-2)36-15-12-35(13-16-36,14-17-36)22-40(34(43)26-5-3-24(4-6-26)20-31(41)42)30-21-27(11-18-37-30)33-39-38-32(45-33)25-7-8-25/h9-11,18-19,21,24-26H,3-8,12-17,20,22H2,1-2H3,(H,41,42). The van der Waals surface area contributed by atoms with E-state index in [9.17, 15) is 14.7 Å². The molecule has 1 N–H and O–H groups in total. The van der Waals surface area contributed by atoms with Gasteiger partial charge in [0.1, 0.15) is 11.6 Å². The maximum absolute atomic E-state index is 14.4. The number of aromatic nitrogens is 3. The average Bonchev–Trinajstić information content (AvgIpc) is 3.80. The first-order valence-corrected chi connectivity index (χ1v) is 16.7. The van der Waals surface area contributed by atoms with Crippen molar-refractivity contribution in [3.05, 3.63) is 53.5 Å². The van der Waals surface area contributed by atoms with E-state index in [2.05, 4.69) is 35.3 Å². The fraction of sp³-hybridized carbons (Fsp3) is 0.583. The summed E-state index contributed by atoms with van der Waals surface area (Å²) >= 11 is 0. The monoisotopic (exact) mass is 612 g/mol. The summed E-state index contributed by atoms with van der Waals surface area (Å²) in [6, 6.07) is 10.5. The molecule has 5 fully saturated rings. The van der Waals surface area contributed by atoms with E-state index in [1.807, 2.05) is 17.0 Å². The Kier molecular flexibility index (Phi) is 7.90. The molecule has 238 valence electrons. The lowest BCUT2D eigenvalue weighted by Crippen LogP contribution is -2.52. The third kappa shape index (κ3) is 5.98. The van der Waals surface area contributed by atoms with Crippen molar-refractivity contribution in [2.45, 2.75) is 102 Å². The molecule has 5 saturated carbocycles. The molecule has 8 rings (SSSR count). The van der Waals surface area contributed by atoms with E-state index in [1.54, 1.807) is 13.3 Å². The summed E-state index contributed by atoms with van der Waals surface area (Å²) in [5.41, 5.74) is 3.60. The molecule has 0 unspecified atom stereocenters. The number of rotatable bonds is 10. The van der Waals surface area contributed by atoms with Crippen LogP contribution in [0.3, 0.4) is 0 Å². The molecule has 2 bridgehead atoms. The van der Waals surface area contributed by atoms with Crippen molar-refractivity contribution >= 4 is 17.7 Å². The molecule has 9 nitrogen and oxygen atoms in total. The van der Waals surface area contributed by atoms with Gasteiger partial charge in [0.25, 0.3) is 0 Å². The van der Waals surface area contributed by atoms with E-state index in [4.69, 9.17) is 14.1 Å². The van der Waals surface area contributed by atoms with E-state index in [1.165, 1.54) is 11.1 Å². The molecule has 0 radical (unpaired) electrons. The lowest BCUT2D eigenvalue weighted by molar-refractivity contribution is -0.138. The Morgan fingerprint density at radius 2 is 1.71 bits per heavy atom. The number of carboxylic acid groups (broad SMARTS) is 1. The molecule has 0 aliphatic heterocycles. The quantitative estimate of drug-likeness (QED) is 0.255. The molecule has 5 aliphatic rings. The second-order valence-electron chi connectivity index (χ2n) is 14.3. The van der Waals surface area contributed by atoms with Gasteiger partial charge in [-0.15, -0.1) is 10.2 Å². The van der Waals surface area contributed by atoms with Crippen molar-refractivity contribution in [3.8, 4) is 17.2 Å². The van der Waals surface area contributed by atoms with E-state index in [0.717, 1.165) is 75.5 Å². The number of aryl methyl sites for hydroxylation is 1. The molecular weight excluding hydrogens is 568 g/mol. The predicted molar refractivity (Wildman–Crippen MR) is 169 cm³/mol. The lowest BCUT2D eigenvalue weighted by atomic mass is 9.51. The lowest BCUT2D eigenvalue weighted by Gasteiger charge is -2.55. The van der Waals surface area contributed by atoms with Crippen LogP contribution in [0.1, 0.15) is 106 Å². The normalized spacial score (nSPS) is 27.7. The third-order valence-electron chi connectivity index (χ3n) is 11.5. The van der Waals surface area contributed by atoms with Crippen LogP contribution in [0.4, 0.5) is 5.82 Å². The summed E-state index contributed by atoms with van der Waals surface area (Å²) in [7, 11) is 1.72. The van der Waals surface area contributed by atoms with E-state index >= 15 is 0 Å². The molecule has 0 atom stereocenters. The maximum atomic E-state index is 14.4. The highest BCUT2D eigenvalue weighted by Gasteiger charge is 2.51. The van der Waals surface area contributed by atoms with Crippen LogP contribution in [0.5, 0.6) is 5.75 Å². The summed E-state index contributed by atoms with van der Waals surface area (Å²) in [5, 5.41) is 17.9. The Morgan fingerprint density at radius 3 is 2.36 bits per heavy atom. The number of carbonyl (C=O) groups is 2. The van der Waals surface area contributed by atoms with E-state index in [-0.39, 0.29) is 35.0 Å². The molecule has 2 aromatic heterocycles. The number of benzene rings is 1. The number of amides is 1. The topological polar surface area (TPSA) is 119 Å². The van der Waals surface area contributed by atoms with Crippen molar-refractivity contribution in [1.29, 1.82) is 0 Å². The molecule has 45 heavy (non-hydrogen) atoms. The number of methoxy groups -OCH3 is 1. The summed E-state index contributed by atoms with van der Waals surface area (Å²) in [4.78, 5) is 32.4. The van der Waals surface area contributed by atoms with Gasteiger partial charge in [-0.2, -0.15) is 0 Å². The summed E-state index contributed by atoms with van der Waals surface area (Å²) in [5.74, 6) is 2.46. The molecule has 1 amide bonds. The first-order chi connectivity index (χ1) is 21.8.